The molecule has 0 aromatic carbocycles. The average Bonchev–Trinajstić information content (AvgIpc) is 3.15. The van der Waals surface area contributed by atoms with E-state index in [0.717, 1.165) is 17.7 Å². The summed E-state index contributed by atoms with van der Waals surface area (Å²) in [6.45, 7) is 7.72. The van der Waals surface area contributed by atoms with Crippen LogP contribution in [0.3, 0.4) is 0 Å². The van der Waals surface area contributed by atoms with Crippen molar-refractivity contribution >= 4 is 11.2 Å². The fourth-order valence-electron chi connectivity index (χ4n) is 6.44. The summed E-state index contributed by atoms with van der Waals surface area (Å²) < 4.78 is 3.05. The number of nitrogens with one attached hydrogen (secondary N) is 1. The second kappa shape index (κ2) is 5.11. The van der Waals surface area contributed by atoms with Crippen molar-refractivity contribution in [3.8, 4) is 0 Å². The highest BCUT2D eigenvalue weighted by Gasteiger charge is 2.59. The SMILES string of the molecule is CC(C)n1c(=O)c2[nH]c(C34CC5CC(CC3C5)C4)nc2n(C(C)C)c1=O. The number of nitrogens with zero attached hydrogens (tertiary/aromatic N) is 3. The van der Waals surface area contributed by atoms with E-state index in [-0.39, 0.29) is 28.7 Å². The summed E-state index contributed by atoms with van der Waals surface area (Å²) in [5, 5.41) is 0. The first-order valence-electron chi connectivity index (χ1n) is 10.1. The van der Waals surface area contributed by atoms with Crippen molar-refractivity contribution in [2.24, 2.45) is 17.8 Å². The number of rotatable bonds is 3. The largest absolute Gasteiger partial charge is 0.336 e. The van der Waals surface area contributed by atoms with Crippen LogP contribution in [-0.2, 0) is 5.41 Å². The van der Waals surface area contributed by atoms with E-state index in [1.54, 1.807) is 4.57 Å². The molecule has 4 aliphatic rings. The molecule has 0 aliphatic heterocycles. The van der Waals surface area contributed by atoms with Crippen LogP contribution >= 0.6 is 0 Å². The number of hydrogen-bond acceptors (Lipinski definition) is 3. The topological polar surface area (TPSA) is 72.7 Å². The van der Waals surface area contributed by atoms with E-state index in [4.69, 9.17) is 4.98 Å². The van der Waals surface area contributed by atoms with Crippen molar-refractivity contribution in [1.29, 1.82) is 0 Å². The first-order chi connectivity index (χ1) is 12.3. The van der Waals surface area contributed by atoms with Gasteiger partial charge in [-0.15, -0.1) is 0 Å². The summed E-state index contributed by atoms with van der Waals surface area (Å²) in [4.78, 5) is 34.4. The van der Waals surface area contributed by atoms with Crippen molar-refractivity contribution in [1.82, 2.24) is 19.1 Å². The molecule has 2 atom stereocenters. The van der Waals surface area contributed by atoms with E-state index >= 15 is 0 Å². The molecule has 2 unspecified atom stereocenters. The predicted octanol–water partition coefficient (Wildman–Crippen LogP) is 3.13. The number of fused-ring (bicyclic) bond motifs is 1. The van der Waals surface area contributed by atoms with E-state index in [0.29, 0.717) is 17.1 Å². The van der Waals surface area contributed by atoms with Crippen molar-refractivity contribution in [2.75, 3.05) is 0 Å². The Morgan fingerprint density at radius 3 is 2.19 bits per heavy atom. The van der Waals surface area contributed by atoms with Crippen molar-refractivity contribution in [3.63, 3.8) is 0 Å². The molecular formula is C20H28N4O2. The number of imidazole rings is 1. The predicted molar refractivity (Wildman–Crippen MR) is 101 cm³/mol. The second-order valence-electron chi connectivity index (χ2n) is 9.50. The normalized spacial score (nSPS) is 32.6. The third-order valence-corrected chi connectivity index (χ3v) is 7.25. The van der Waals surface area contributed by atoms with Crippen LogP contribution in [0.5, 0.6) is 0 Å². The highest BCUT2D eigenvalue weighted by Crippen LogP contribution is 2.65. The van der Waals surface area contributed by atoms with Gasteiger partial charge in [0.1, 0.15) is 11.3 Å². The molecular weight excluding hydrogens is 328 g/mol. The van der Waals surface area contributed by atoms with Crippen LogP contribution in [-0.4, -0.2) is 19.1 Å². The van der Waals surface area contributed by atoms with E-state index in [1.807, 2.05) is 27.7 Å². The molecule has 0 amide bonds. The molecule has 0 saturated heterocycles. The van der Waals surface area contributed by atoms with Gasteiger partial charge >= 0.3 is 5.69 Å². The number of aromatic amines is 1. The van der Waals surface area contributed by atoms with E-state index in [1.165, 1.54) is 36.7 Å². The average molecular weight is 356 g/mol. The highest BCUT2D eigenvalue weighted by molar-refractivity contribution is 5.70. The Kier molecular flexibility index (Phi) is 3.21. The molecule has 2 aromatic rings. The van der Waals surface area contributed by atoms with Crippen LogP contribution in [0.4, 0.5) is 0 Å². The van der Waals surface area contributed by atoms with Gasteiger partial charge in [0.05, 0.1) is 0 Å². The summed E-state index contributed by atoms with van der Waals surface area (Å²) in [6, 6.07) is -0.215. The Bertz CT molecular complexity index is 995. The monoisotopic (exact) mass is 356 g/mol. The minimum atomic E-state index is -0.250. The minimum Gasteiger partial charge on any atom is -0.336 e. The molecule has 4 bridgehead atoms. The molecule has 2 aromatic heterocycles. The minimum absolute atomic E-state index is 0.0411. The summed E-state index contributed by atoms with van der Waals surface area (Å²) in [5.74, 6) is 3.30. The molecule has 4 saturated carbocycles. The van der Waals surface area contributed by atoms with Crippen LogP contribution < -0.4 is 11.2 Å². The van der Waals surface area contributed by atoms with Crippen molar-refractivity contribution < 1.29 is 0 Å². The smallest absolute Gasteiger partial charge is 0.333 e. The molecule has 2 heterocycles. The number of H-pyrrole nitrogens is 1. The third-order valence-electron chi connectivity index (χ3n) is 7.25. The zero-order valence-electron chi connectivity index (χ0n) is 16.1. The lowest BCUT2D eigenvalue weighted by Crippen LogP contribution is -2.41. The maximum atomic E-state index is 13.0. The Balaban J connectivity index is 1.79. The van der Waals surface area contributed by atoms with E-state index in [9.17, 15) is 9.59 Å². The lowest BCUT2D eigenvalue weighted by molar-refractivity contribution is 0.262. The maximum absolute atomic E-state index is 13.0. The van der Waals surface area contributed by atoms with Gasteiger partial charge in [0.2, 0.25) is 0 Å². The van der Waals surface area contributed by atoms with Gasteiger partial charge in [0.25, 0.3) is 5.56 Å². The molecule has 4 aliphatic carbocycles. The number of hydrogen-bond donors (Lipinski definition) is 1. The Morgan fingerprint density at radius 1 is 1.00 bits per heavy atom. The van der Waals surface area contributed by atoms with Crippen LogP contribution in [0.1, 0.15) is 77.7 Å². The zero-order chi connectivity index (χ0) is 18.4. The molecule has 1 N–H and O–H groups in total. The van der Waals surface area contributed by atoms with Gasteiger partial charge in [0, 0.05) is 17.5 Å². The molecule has 6 heteroatoms. The summed E-state index contributed by atoms with van der Waals surface area (Å²) in [6.07, 6.45) is 6.37. The molecule has 4 fully saturated rings. The fraction of sp³-hybridized carbons (Fsp3) is 0.750. The zero-order valence-corrected chi connectivity index (χ0v) is 16.1. The molecule has 0 spiro atoms. The quantitative estimate of drug-likeness (QED) is 0.918. The first kappa shape index (κ1) is 16.3. The van der Waals surface area contributed by atoms with Crippen LogP contribution in [0.2, 0.25) is 0 Å². The summed E-state index contributed by atoms with van der Waals surface area (Å²) in [5.41, 5.74) is 0.676. The molecule has 6 nitrogen and oxygen atoms in total. The highest BCUT2D eigenvalue weighted by atomic mass is 16.2. The summed E-state index contributed by atoms with van der Waals surface area (Å²) >= 11 is 0. The van der Waals surface area contributed by atoms with Gasteiger partial charge in [-0.05, 0) is 77.6 Å². The molecule has 6 rings (SSSR count). The van der Waals surface area contributed by atoms with Crippen molar-refractivity contribution in [3.05, 3.63) is 26.7 Å². The Labute approximate surface area is 152 Å². The molecule has 140 valence electrons. The Hall–Kier alpha value is -1.85. The first-order valence-corrected chi connectivity index (χ1v) is 10.1. The lowest BCUT2D eigenvalue weighted by atomic mass is 9.75. The standard InChI is InChI=1S/C20H28N4O2/c1-10(2)23-16-15(17(25)24(11(3)4)19(23)26)21-18(22-16)20-8-12-5-13(9-20)7-14(20)6-12/h10-14H,5-9H2,1-4H3,(H,21,22). The van der Waals surface area contributed by atoms with Crippen LogP contribution in [0.15, 0.2) is 9.59 Å². The molecule has 0 radical (unpaired) electrons. The van der Waals surface area contributed by atoms with Gasteiger partial charge in [-0.1, -0.05) is 0 Å². The van der Waals surface area contributed by atoms with Crippen LogP contribution in [0, 0.1) is 17.8 Å². The molecule has 26 heavy (non-hydrogen) atoms. The van der Waals surface area contributed by atoms with Crippen LogP contribution in [0.25, 0.3) is 11.2 Å². The van der Waals surface area contributed by atoms with Gasteiger partial charge in [-0.3, -0.25) is 13.9 Å². The van der Waals surface area contributed by atoms with Crippen molar-refractivity contribution in [2.45, 2.75) is 77.3 Å². The summed E-state index contributed by atoms with van der Waals surface area (Å²) in [7, 11) is 0. The van der Waals surface area contributed by atoms with Gasteiger partial charge in [-0.2, -0.15) is 0 Å². The van der Waals surface area contributed by atoms with Gasteiger partial charge in [-0.25, -0.2) is 9.78 Å². The fourth-order valence-corrected chi connectivity index (χ4v) is 6.44. The van der Waals surface area contributed by atoms with Gasteiger partial charge < -0.3 is 4.98 Å². The lowest BCUT2D eigenvalue weighted by Gasteiger charge is -2.30. The van der Waals surface area contributed by atoms with E-state index < -0.39 is 0 Å². The maximum Gasteiger partial charge on any atom is 0.333 e. The third kappa shape index (κ3) is 1.90. The van der Waals surface area contributed by atoms with E-state index in [2.05, 4.69) is 4.98 Å². The Morgan fingerprint density at radius 2 is 1.62 bits per heavy atom. The number of aromatic nitrogens is 4. The van der Waals surface area contributed by atoms with Gasteiger partial charge in [0.15, 0.2) is 5.65 Å². The second-order valence-corrected chi connectivity index (χ2v) is 9.50.